The Morgan fingerprint density at radius 3 is 3.00 bits per heavy atom. The summed E-state index contributed by atoms with van der Waals surface area (Å²) >= 11 is 5.37. The molecule has 0 saturated heterocycles. The maximum absolute atomic E-state index is 3.59. The van der Waals surface area contributed by atoms with Crippen molar-refractivity contribution in [3.05, 3.63) is 33.8 Å². The zero-order chi connectivity index (χ0) is 8.55. The molecule has 12 heavy (non-hydrogen) atoms. The number of rotatable bonds is 1. The Bertz CT molecular complexity index is 342. The highest BCUT2D eigenvalue weighted by Gasteiger charge is 2.09. The summed E-state index contributed by atoms with van der Waals surface area (Å²) in [5.41, 5.74) is 2.79. The van der Waals surface area contributed by atoms with Crippen LogP contribution in [0, 0.1) is 0 Å². The van der Waals surface area contributed by atoms with Gasteiger partial charge in [0.15, 0.2) is 0 Å². The summed E-state index contributed by atoms with van der Waals surface area (Å²) in [5.74, 6) is 0. The minimum atomic E-state index is 1.07. The molecule has 0 heterocycles. The highest BCUT2D eigenvalue weighted by Crippen LogP contribution is 2.31. The monoisotopic (exact) mass is 240 g/mol. The highest BCUT2D eigenvalue weighted by molar-refractivity contribution is 9.10. The molecular formula is C10H9BrS. The number of halogens is 1. The van der Waals surface area contributed by atoms with Crippen molar-refractivity contribution in [3.8, 4) is 0 Å². The third kappa shape index (κ3) is 1.34. The first-order valence-electron chi connectivity index (χ1n) is 3.84. The van der Waals surface area contributed by atoms with Crippen LogP contribution in [0.25, 0.3) is 6.08 Å². The fraction of sp³-hybridized carbons (Fsp3) is 0.200. The quantitative estimate of drug-likeness (QED) is 0.675. The van der Waals surface area contributed by atoms with Crippen molar-refractivity contribution < 1.29 is 0 Å². The first kappa shape index (κ1) is 8.39. The molecular weight excluding hydrogens is 232 g/mol. The Kier molecular flexibility index (Phi) is 2.28. The van der Waals surface area contributed by atoms with E-state index in [1.54, 1.807) is 11.8 Å². The molecule has 1 aliphatic rings. The number of allylic oxidation sites excluding steroid dienone is 1. The van der Waals surface area contributed by atoms with Crippen molar-refractivity contribution in [3.63, 3.8) is 0 Å². The molecule has 0 fully saturated rings. The van der Waals surface area contributed by atoms with Crippen molar-refractivity contribution in [1.82, 2.24) is 0 Å². The van der Waals surface area contributed by atoms with Crippen LogP contribution in [-0.2, 0) is 6.42 Å². The van der Waals surface area contributed by atoms with Crippen molar-refractivity contribution in [2.75, 3.05) is 6.26 Å². The van der Waals surface area contributed by atoms with Crippen LogP contribution in [0.5, 0.6) is 0 Å². The van der Waals surface area contributed by atoms with Gasteiger partial charge in [-0.05, 0) is 35.9 Å². The molecule has 1 aliphatic carbocycles. The largest absolute Gasteiger partial charge is 0.130 e. The van der Waals surface area contributed by atoms with Gasteiger partial charge in [0, 0.05) is 9.37 Å². The highest BCUT2D eigenvalue weighted by atomic mass is 79.9. The average Bonchev–Trinajstić information content (AvgIpc) is 2.52. The van der Waals surface area contributed by atoms with Crippen LogP contribution in [0.1, 0.15) is 11.1 Å². The first-order valence-corrected chi connectivity index (χ1v) is 5.86. The Hall–Kier alpha value is -0.210. The van der Waals surface area contributed by atoms with E-state index >= 15 is 0 Å². The third-order valence-corrected chi connectivity index (χ3v) is 3.47. The molecule has 1 aromatic carbocycles. The van der Waals surface area contributed by atoms with Crippen LogP contribution in [0.2, 0.25) is 0 Å². The lowest BCUT2D eigenvalue weighted by Gasteiger charge is -2.04. The zero-order valence-electron chi connectivity index (χ0n) is 6.80. The lowest BCUT2D eigenvalue weighted by molar-refractivity contribution is 1.25. The molecule has 1 aromatic rings. The van der Waals surface area contributed by atoms with Crippen LogP contribution in [-0.4, -0.2) is 6.26 Å². The fourth-order valence-electron chi connectivity index (χ4n) is 1.42. The SMILES string of the molecule is CSc1cc(Br)c2c(c1)C=CC2. The van der Waals surface area contributed by atoms with Gasteiger partial charge in [-0.3, -0.25) is 0 Å². The molecule has 2 heteroatoms. The molecule has 0 radical (unpaired) electrons. The smallest absolute Gasteiger partial charge is 0.0227 e. The summed E-state index contributed by atoms with van der Waals surface area (Å²) in [7, 11) is 0. The van der Waals surface area contributed by atoms with Gasteiger partial charge in [-0.15, -0.1) is 11.8 Å². The molecule has 0 spiro atoms. The van der Waals surface area contributed by atoms with Gasteiger partial charge in [-0.2, -0.15) is 0 Å². The number of thioether (sulfide) groups is 1. The van der Waals surface area contributed by atoms with E-state index in [1.807, 2.05) is 0 Å². The third-order valence-electron chi connectivity index (χ3n) is 2.06. The lowest BCUT2D eigenvalue weighted by Crippen LogP contribution is -1.84. The number of fused-ring (bicyclic) bond motifs is 1. The minimum absolute atomic E-state index is 1.07. The van der Waals surface area contributed by atoms with Gasteiger partial charge in [-0.25, -0.2) is 0 Å². The molecule has 0 aliphatic heterocycles. The second-order valence-corrected chi connectivity index (χ2v) is 4.52. The molecule has 62 valence electrons. The van der Waals surface area contributed by atoms with E-state index < -0.39 is 0 Å². The van der Waals surface area contributed by atoms with Crippen LogP contribution < -0.4 is 0 Å². The summed E-state index contributed by atoms with van der Waals surface area (Å²) in [6.07, 6.45) is 7.58. The van der Waals surface area contributed by atoms with E-state index in [1.165, 1.54) is 20.5 Å². The number of benzene rings is 1. The van der Waals surface area contributed by atoms with E-state index in [0.717, 1.165) is 6.42 Å². The van der Waals surface area contributed by atoms with Gasteiger partial charge in [0.2, 0.25) is 0 Å². The molecule has 0 atom stereocenters. The van der Waals surface area contributed by atoms with Crippen LogP contribution in [0.15, 0.2) is 27.6 Å². The molecule has 0 amide bonds. The molecule has 0 aromatic heterocycles. The Morgan fingerprint density at radius 2 is 2.25 bits per heavy atom. The Balaban J connectivity index is 2.56. The van der Waals surface area contributed by atoms with Gasteiger partial charge in [-0.1, -0.05) is 28.1 Å². The van der Waals surface area contributed by atoms with Crippen LogP contribution in [0.3, 0.4) is 0 Å². The van der Waals surface area contributed by atoms with Crippen LogP contribution >= 0.6 is 27.7 Å². The van der Waals surface area contributed by atoms with Gasteiger partial charge in [0.1, 0.15) is 0 Å². The van der Waals surface area contributed by atoms with E-state index in [2.05, 4.69) is 46.5 Å². The number of hydrogen-bond acceptors (Lipinski definition) is 1. The maximum Gasteiger partial charge on any atom is 0.0227 e. The molecule has 0 bridgehead atoms. The summed E-state index contributed by atoms with van der Waals surface area (Å²) < 4.78 is 1.24. The molecule has 0 N–H and O–H groups in total. The van der Waals surface area contributed by atoms with Crippen LogP contribution in [0.4, 0.5) is 0 Å². The topological polar surface area (TPSA) is 0 Å². The fourth-order valence-corrected chi connectivity index (χ4v) is 2.69. The minimum Gasteiger partial charge on any atom is -0.130 e. The summed E-state index contributed by atoms with van der Waals surface area (Å²) in [6, 6.07) is 4.44. The normalized spacial score (nSPS) is 13.5. The van der Waals surface area contributed by atoms with E-state index in [0.29, 0.717) is 0 Å². The van der Waals surface area contributed by atoms with Gasteiger partial charge in [0.25, 0.3) is 0 Å². The summed E-state index contributed by atoms with van der Waals surface area (Å²) in [5, 5.41) is 0. The second-order valence-electron chi connectivity index (χ2n) is 2.78. The standard InChI is InChI=1S/C10H9BrS/c1-12-8-5-7-3-2-4-9(7)10(11)6-8/h2-3,5-6H,4H2,1H3. The van der Waals surface area contributed by atoms with Crippen molar-refractivity contribution in [1.29, 1.82) is 0 Å². The zero-order valence-corrected chi connectivity index (χ0v) is 9.21. The van der Waals surface area contributed by atoms with Crippen molar-refractivity contribution in [2.24, 2.45) is 0 Å². The average molecular weight is 241 g/mol. The van der Waals surface area contributed by atoms with Crippen molar-refractivity contribution >= 4 is 33.8 Å². The van der Waals surface area contributed by atoms with Crippen molar-refractivity contribution in [2.45, 2.75) is 11.3 Å². The maximum atomic E-state index is 3.59. The predicted octanol–water partition coefficient (Wildman–Crippen LogP) is 3.74. The van der Waals surface area contributed by atoms with E-state index in [9.17, 15) is 0 Å². The molecule has 0 unspecified atom stereocenters. The first-order chi connectivity index (χ1) is 5.81. The lowest BCUT2D eigenvalue weighted by atomic mass is 10.1. The van der Waals surface area contributed by atoms with Gasteiger partial charge in [0.05, 0.1) is 0 Å². The van der Waals surface area contributed by atoms with Gasteiger partial charge >= 0.3 is 0 Å². The molecule has 0 saturated carbocycles. The summed E-state index contributed by atoms with van der Waals surface area (Å²) in [6.45, 7) is 0. The van der Waals surface area contributed by atoms with E-state index in [-0.39, 0.29) is 0 Å². The Labute approximate surface area is 85.2 Å². The van der Waals surface area contributed by atoms with E-state index in [4.69, 9.17) is 0 Å². The Morgan fingerprint density at radius 1 is 1.42 bits per heavy atom. The van der Waals surface area contributed by atoms with Gasteiger partial charge < -0.3 is 0 Å². The summed E-state index contributed by atoms with van der Waals surface area (Å²) in [4.78, 5) is 1.33. The molecule has 2 rings (SSSR count). The molecule has 0 nitrogen and oxygen atoms in total. The second kappa shape index (κ2) is 3.27. The number of hydrogen-bond donors (Lipinski definition) is 0. The predicted molar refractivity (Wildman–Crippen MR) is 58.7 cm³/mol.